The van der Waals surface area contributed by atoms with Crippen LogP contribution in [0.4, 0.5) is 0 Å². The molecule has 18 heavy (non-hydrogen) atoms. The molecular formula is C15H27NO2. The number of carboxylic acids is 1. The van der Waals surface area contributed by atoms with Crippen LogP contribution in [-0.2, 0) is 4.79 Å². The second-order valence-corrected chi connectivity index (χ2v) is 6.56. The van der Waals surface area contributed by atoms with Gasteiger partial charge < -0.3 is 10.0 Å². The number of carboxylic acid groups (broad SMARTS) is 1. The highest BCUT2D eigenvalue weighted by molar-refractivity contribution is 5.66. The number of hydrogen-bond acceptors (Lipinski definition) is 2. The molecule has 1 unspecified atom stereocenters. The smallest absolute Gasteiger partial charge is 0.303 e. The predicted molar refractivity (Wildman–Crippen MR) is 72.5 cm³/mol. The van der Waals surface area contributed by atoms with Gasteiger partial charge in [-0.15, -0.1) is 0 Å². The summed E-state index contributed by atoms with van der Waals surface area (Å²) in [6.45, 7) is 7.03. The number of nitrogens with zero attached hydrogens (tertiary/aromatic N) is 1. The van der Waals surface area contributed by atoms with Crippen molar-refractivity contribution in [3.05, 3.63) is 0 Å². The lowest BCUT2D eigenvalue weighted by Gasteiger charge is -2.47. The van der Waals surface area contributed by atoms with Gasteiger partial charge in [0.15, 0.2) is 0 Å². The lowest BCUT2D eigenvalue weighted by atomic mass is 9.72. The average molecular weight is 253 g/mol. The minimum absolute atomic E-state index is 0.345. The molecule has 0 aromatic rings. The van der Waals surface area contributed by atoms with Crippen LogP contribution in [0.15, 0.2) is 0 Å². The van der Waals surface area contributed by atoms with E-state index in [-0.39, 0.29) is 0 Å². The Balaban J connectivity index is 1.72. The quantitative estimate of drug-likeness (QED) is 0.819. The van der Waals surface area contributed by atoms with Gasteiger partial charge in [-0.2, -0.15) is 0 Å². The molecule has 0 spiro atoms. The summed E-state index contributed by atoms with van der Waals surface area (Å²) in [5.41, 5.74) is 0. The van der Waals surface area contributed by atoms with Gasteiger partial charge in [-0.3, -0.25) is 4.79 Å². The molecule has 104 valence electrons. The van der Waals surface area contributed by atoms with Crippen molar-refractivity contribution in [3.8, 4) is 0 Å². The van der Waals surface area contributed by atoms with E-state index < -0.39 is 5.97 Å². The van der Waals surface area contributed by atoms with Crippen LogP contribution in [0, 0.1) is 17.8 Å². The maximum Gasteiger partial charge on any atom is 0.303 e. The predicted octanol–water partition coefficient (Wildman–Crippen LogP) is 3.00. The third-order valence-corrected chi connectivity index (χ3v) is 4.93. The van der Waals surface area contributed by atoms with Crippen molar-refractivity contribution >= 4 is 5.97 Å². The average Bonchev–Trinajstić information content (AvgIpc) is 2.24. The van der Waals surface area contributed by atoms with Crippen LogP contribution in [0.3, 0.4) is 0 Å². The standard InChI is InChI=1S/C15H27NO2/c1-11(2)13-8-14(9-13)16-7-3-4-12(10-16)5-6-15(17)18/h11-14H,3-10H2,1-2H3,(H,17,18). The molecule has 2 fully saturated rings. The van der Waals surface area contributed by atoms with Crippen molar-refractivity contribution in [3.63, 3.8) is 0 Å². The van der Waals surface area contributed by atoms with Gasteiger partial charge in [0.2, 0.25) is 0 Å². The second kappa shape index (κ2) is 6.05. The Kier molecular flexibility index (Phi) is 4.66. The zero-order valence-corrected chi connectivity index (χ0v) is 11.8. The lowest BCUT2D eigenvalue weighted by molar-refractivity contribution is -0.137. The number of hydrogen-bond donors (Lipinski definition) is 1. The maximum absolute atomic E-state index is 10.6. The molecule has 0 radical (unpaired) electrons. The summed E-state index contributed by atoms with van der Waals surface area (Å²) in [5, 5.41) is 8.76. The molecule has 3 heteroatoms. The summed E-state index contributed by atoms with van der Waals surface area (Å²) in [6.07, 6.45) is 6.42. The number of rotatable bonds is 5. The molecule has 0 bridgehead atoms. The van der Waals surface area contributed by atoms with Crippen LogP contribution < -0.4 is 0 Å². The highest BCUT2D eigenvalue weighted by Crippen LogP contribution is 2.38. The van der Waals surface area contributed by atoms with Crippen LogP contribution in [0.2, 0.25) is 0 Å². The van der Waals surface area contributed by atoms with E-state index in [2.05, 4.69) is 18.7 Å². The van der Waals surface area contributed by atoms with Gasteiger partial charge in [0.25, 0.3) is 0 Å². The third kappa shape index (κ3) is 3.47. The van der Waals surface area contributed by atoms with Gasteiger partial charge in [0.1, 0.15) is 0 Å². The minimum atomic E-state index is -0.643. The van der Waals surface area contributed by atoms with Crippen molar-refractivity contribution in [2.24, 2.45) is 17.8 Å². The number of piperidine rings is 1. The molecule has 1 aliphatic heterocycles. The second-order valence-electron chi connectivity index (χ2n) is 6.56. The Morgan fingerprint density at radius 3 is 2.72 bits per heavy atom. The first kappa shape index (κ1) is 13.9. The molecule has 0 aromatic carbocycles. The summed E-state index contributed by atoms with van der Waals surface area (Å²) in [5.74, 6) is 1.73. The van der Waals surface area contributed by atoms with Crippen LogP contribution in [0.1, 0.15) is 52.4 Å². The molecule has 1 N–H and O–H groups in total. The Labute approximate surface area is 111 Å². The largest absolute Gasteiger partial charge is 0.481 e. The molecule has 1 atom stereocenters. The molecule has 2 rings (SSSR count). The van der Waals surface area contributed by atoms with Crippen LogP contribution in [-0.4, -0.2) is 35.1 Å². The first-order valence-corrected chi connectivity index (χ1v) is 7.52. The number of aliphatic carboxylic acids is 1. The Morgan fingerprint density at radius 2 is 2.11 bits per heavy atom. The van der Waals surface area contributed by atoms with Crippen molar-refractivity contribution in [1.82, 2.24) is 4.90 Å². The first-order valence-electron chi connectivity index (χ1n) is 7.52. The highest BCUT2D eigenvalue weighted by atomic mass is 16.4. The van der Waals surface area contributed by atoms with E-state index in [1.807, 2.05) is 0 Å². The fourth-order valence-corrected chi connectivity index (χ4v) is 3.46. The van der Waals surface area contributed by atoms with Crippen molar-refractivity contribution < 1.29 is 9.90 Å². The molecule has 1 saturated heterocycles. The summed E-state index contributed by atoms with van der Waals surface area (Å²) >= 11 is 0. The van der Waals surface area contributed by atoms with E-state index >= 15 is 0 Å². The van der Waals surface area contributed by atoms with E-state index in [1.54, 1.807) is 0 Å². The van der Waals surface area contributed by atoms with Crippen LogP contribution in [0.25, 0.3) is 0 Å². The minimum Gasteiger partial charge on any atom is -0.481 e. The third-order valence-electron chi connectivity index (χ3n) is 4.93. The topological polar surface area (TPSA) is 40.5 Å². The van der Waals surface area contributed by atoms with E-state index in [9.17, 15) is 4.79 Å². The molecule has 0 amide bonds. The highest BCUT2D eigenvalue weighted by Gasteiger charge is 2.36. The fraction of sp³-hybridized carbons (Fsp3) is 0.933. The maximum atomic E-state index is 10.6. The number of carbonyl (C=O) groups is 1. The Hall–Kier alpha value is -0.570. The van der Waals surface area contributed by atoms with Gasteiger partial charge in [-0.25, -0.2) is 0 Å². The molecule has 0 aromatic heterocycles. The normalized spacial score (nSPS) is 33.4. The summed E-state index contributed by atoms with van der Waals surface area (Å²) in [7, 11) is 0. The van der Waals surface area contributed by atoms with E-state index in [0.29, 0.717) is 12.3 Å². The van der Waals surface area contributed by atoms with E-state index in [1.165, 1.54) is 32.2 Å². The van der Waals surface area contributed by atoms with Gasteiger partial charge >= 0.3 is 5.97 Å². The summed E-state index contributed by atoms with van der Waals surface area (Å²) in [6, 6.07) is 0.796. The van der Waals surface area contributed by atoms with Gasteiger partial charge in [-0.1, -0.05) is 13.8 Å². The zero-order chi connectivity index (χ0) is 13.1. The zero-order valence-electron chi connectivity index (χ0n) is 11.8. The number of likely N-dealkylation sites (tertiary alicyclic amines) is 1. The van der Waals surface area contributed by atoms with Gasteiger partial charge in [0, 0.05) is 19.0 Å². The lowest BCUT2D eigenvalue weighted by Crippen LogP contribution is -2.50. The molecule has 1 heterocycles. The van der Waals surface area contributed by atoms with Crippen LogP contribution >= 0.6 is 0 Å². The van der Waals surface area contributed by atoms with Crippen molar-refractivity contribution in [1.29, 1.82) is 0 Å². The molecule has 1 aliphatic carbocycles. The molecular weight excluding hydrogens is 226 g/mol. The van der Waals surface area contributed by atoms with E-state index in [0.717, 1.165) is 30.8 Å². The monoisotopic (exact) mass is 253 g/mol. The summed E-state index contributed by atoms with van der Waals surface area (Å²) < 4.78 is 0. The summed E-state index contributed by atoms with van der Waals surface area (Å²) in [4.78, 5) is 13.3. The molecule has 1 saturated carbocycles. The first-order chi connectivity index (χ1) is 8.56. The van der Waals surface area contributed by atoms with Gasteiger partial charge in [-0.05, 0) is 56.4 Å². The SMILES string of the molecule is CC(C)C1CC(N2CCCC(CCC(=O)O)C2)C1. The Morgan fingerprint density at radius 1 is 1.39 bits per heavy atom. The van der Waals surface area contributed by atoms with Crippen molar-refractivity contribution in [2.75, 3.05) is 13.1 Å². The Bertz CT molecular complexity index is 284. The fourth-order valence-electron chi connectivity index (χ4n) is 3.46. The molecule has 2 aliphatic rings. The molecule has 3 nitrogen and oxygen atoms in total. The van der Waals surface area contributed by atoms with Crippen molar-refractivity contribution in [2.45, 2.75) is 58.4 Å². The van der Waals surface area contributed by atoms with Gasteiger partial charge in [0.05, 0.1) is 0 Å². The van der Waals surface area contributed by atoms with E-state index in [4.69, 9.17) is 5.11 Å². The van der Waals surface area contributed by atoms with Crippen LogP contribution in [0.5, 0.6) is 0 Å².